The van der Waals surface area contributed by atoms with E-state index in [0.29, 0.717) is 6.42 Å². The number of phosphoric ester groups is 1. The molecule has 0 rings (SSSR count). The van der Waals surface area contributed by atoms with Gasteiger partial charge in [0.25, 0.3) is 0 Å². The number of rotatable bonds is 58. The number of nitrogens with two attached hydrogens (primary N) is 1. The number of ether oxygens (including phenoxy) is 2. The van der Waals surface area contributed by atoms with E-state index in [0.717, 1.165) is 122 Å². The topological polar surface area (TPSA) is 134 Å². The van der Waals surface area contributed by atoms with Crippen molar-refractivity contribution in [2.75, 3.05) is 26.4 Å². The lowest BCUT2D eigenvalue weighted by Crippen LogP contribution is -2.29. The number of esters is 2. The van der Waals surface area contributed by atoms with Gasteiger partial charge in [-0.15, -0.1) is 0 Å². The molecular weight excluding hydrogens is 1000 g/mol. The minimum Gasteiger partial charge on any atom is -0.462 e. The Bertz CT molecular complexity index is 1750. The fourth-order valence-corrected chi connectivity index (χ4v) is 9.20. The Morgan fingerprint density at radius 1 is 0.380 bits per heavy atom. The predicted molar refractivity (Wildman–Crippen MR) is 339 cm³/mol. The summed E-state index contributed by atoms with van der Waals surface area (Å²) in [6.45, 7) is 3.52. The summed E-state index contributed by atoms with van der Waals surface area (Å²) in [5, 5.41) is 0. The zero-order chi connectivity index (χ0) is 57.3. The molecule has 0 amide bonds. The molecule has 0 aromatic carbocycles. The molecule has 0 heterocycles. The Labute approximate surface area is 484 Å². The molecule has 0 spiro atoms. The van der Waals surface area contributed by atoms with E-state index in [2.05, 4.69) is 148 Å². The van der Waals surface area contributed by atoms with Gasteiger partial charge < -0.3 is 20.1 Å². The average Bonchev–Trinajstić information content (AvgIpc) is 3.44. The Morgan fingerprint density at radius 2 is 0.658 bits per heavy atom. The second-order valence-electron chi connectivity index (χ2n) is 20.5. The van der Waals surface area contributed by atoms with Crippen LogP contribution < -0.4 is 5.73 Å². The molecule has 0 saturated carbocycles. The van der Waals surface area contributed by atoms with Gasteiger partial charge in [0.1, 0.15) is 6.61 Å². The van der Waals surface area contributed by atoms with Gasteiger partial charge in [0.2, 0.25) is 0 Å². The fraction of sp³-hybridized carbons (Fsp3) is 0.652. The molecule has 0 aliphatic heterocycles. The monoisotopic (exact) mass is 1120 g/mol. The molecule has 0 radical (unpaired) electrons. The van der Waals surface area contributed by atoms with Gasteiger partial charge in [-0.25, -0.2) is 4.57 Å². The van der Waals surface area contributed by atoms with E-state index in [4.69, 9.17) is 24.3 Å². The third-order valence-electron chi connectivity index (χ3n) is 13.0. The first-order valence-corrected chi connectivity index (χ1v) is 33.2. The van der Waals surface area contributed by atoms with E-state index in [1.54, 1.807) is 0 Å². The van der Waals surface area contributed by atoms with Gasteiger partial charge >= 0.3 is 19.8 Å². The summed E-state index contributed by atoms with van der Waals surface area (Å²) in [4.78, 5) is 35.3. The first kappa shape index (κ1) is 75.2. The lowest BCUT2D eigenvalue weighted by Gasteiger charge is -2.19. The number of carbonyl (C=O) groups excluding carboxylic acids is 2. The van der Waals surface area contributed by atoms with Crippen LogP contribution in [0.5, 0.6) is 0 Å². The SMILES string of the molecule is CC/C=C\C/C=C\C/C=C\C/C=C\C/C=C\C/C=C\CCCCCCCCCCCCCCC(=O)OC(COC(=O)CCCCCCCCCCCCC/C=C\C/C=C\C/C=C\C/C=C\C/C=C\CC)COP(=O)(O)OCCN. The molecule has 9 nitrogen and oxygen atoms in total. The van der Waals surface area contributed by atoms with Crippen LogP contribution in [0, 0.1) is 0 Å². The quantitative estimate of drug-likeness (QED) is 0.0264. The van der Waals surface area contributed by atoms with Gasteiger partial charge in [-0.1, -0.05) is 270 Å². The molecule has 0 bridgehead atoms. The summed E-state index contributed by atoms with van der Waals surface area (Å²) in [5.41, 5.74) is 5.39. The standard InChI is InChI=1S/C69H116NO8P/c1-3-5-7-9-11-13-15-17-19-21-23-25-27-29-31-32-33-34-36-38-40-42-44-46-48-50-52-54-56-58-60-62-69(72)78-67(66-77-79(73,74)76-64-63-70)65-75-68(71)61-59-57-55-53-51-49-47-45-43-41-39-37-35-30-28-26-24-22-20-18-16-14-12-10-8-6-4-2/h5-8,11-14,17-20,23-26,29-31,33-35,67H,3-4,9-10,15-16,21-22,27-28,32,36-66,70H2,1-2H3,(H,73,74)/b7-5-,8-6-,13-11-,14-12-,19-17-,20-18-,25-23-,26-24-,31-29-,34-33-,35-30-. The van der Waals surface area contributed by atoms with Crippen LogP contribution >= 0.6 is 7.82 Å². The van der Waals surface area contributed by atoms with Crippen molar-refractivity contribution < 1.29 is 37.6 Å². The molecule has 10 heteroatoms. The first-order chi connectivity index (χ1) is 38.8. The highest BCUT2D eigenvalue weighted by Crippen LogP contribution is 2.43. The molecule has 2 unspecified atom stereocenters. The minimum atomic E-state index is -4.40. The Kier molecular flexibility index (Phi) is 60.2. The predicted octanol–water partition coefficient (Wildman–Crippen LogP) is 20.5. The molecular formula is C69H116NO8P. The van der Waals surface area contributed by atoms with Gasteiger partial charge in [-0.3, -0.25) is 18.6 Å². The van der Waals surface area contributed by atoms with Gasteiger partial charge in [0.15, 0.2) is 6.10 Å². The van der Waals surface area contributed by atoms with E-state index in [1.165, 1.54) is 103 Å². The normalized spacial score (nSPS) is 13.9. The smallest absolute Gasteiger partial charge is 0.462 e. The van der Waals surface area contributed by atoms with Crippen molar-refractivity contribution in [2.24, 2.45) is 5.73 Å². The molecule has 0 aliphatic carbocycles. The lowest BCUT2D eigenvalue weighted by molar-refractivity contribution is -0.161. The number of carbonyl (C=O) groups is 2. The fourth-order valence-electron chi connectivity index (χ4n) is 8.43. The molecule has 0 fully saturated rings. The molecule has 79 heavy (non-hydrogen) atoms. The van der Waals surface area contributed by atoms with Crippen molar-refractivity contribution in [1.82, 2.24) is 0 Å². The van der Waals surface area contributed by atoms with Gasteiger partial charge in [0, 0.05) is 19.4 Å². The summed E-state index contributed by atoms with van der Waals surface area (Å²) in [6, 6.07) is 0. The minimum absolute atomic E-state index is 0.0468. The largest absolute Gasteiger partial charge is 0.472 e. The van der Waals surface area contributed by atoms with Crippen LogP contribution in [0.4, 0.5) is 0 Å². The van der Waals surface area contributed by atoms with Crippen molar-refractivity contribution in [2.45, 2.75) is 264 Å². The summed E-state index contributed by atoms with van der Waals surface area (Å²) in [5.74, 6) is -0.837. The van der Waals surface area contributed by atoms with Crippen molar-refractivity contribution >= 4 is 19.8 Å². The van der Waals surface area contributed by atoms with E-state index in [9.17, 15) is 19.0 Å². The number of phosphoric acid groups is 1. The Hall–Kier alpha value is -3.85. The van der Waals surface area contributed by atoms with Crippen LogP contribution in [-0.2, 0) is 32.7 Å². The van der Waals surface area contributed by atoms with Crippen LogP contribution in [0.1, 0.15) is 258 Å². The lowest BCUT2D eigenvalue weighted by atomic mass is 10.0. The van der Waals surface area contributed by atoms with Gasteiger partial charge in [0.05, 0.1) is 13.2 Å². The molecule has 0 saturated heterocycles. The van der Waals surface area contributed by atoms with E-state index in [-0.39, 0.29) is 38.6 Å². The van der Waals surface area contributed by atoms with E-state index in [1.807, 2.05) is 0 Å². The molecule has 450 valence electrons. The summed E-state index contributed by atoms with van der Waals surface area (Å²) >= 11 is 0. The zero-order valence-corrected chi connectivity index (χ0v) is 51.2. The van der Waals surface area contributed by atoms with Crippen LogP contribution in [-0.4, -0.2) is 49.3 Å². The molecule has 2 atom stereocenters. The van der Waals surface area contributed by atoms with Crippen molar-refractivity contribution in [3.05, 3.63) is 134 Å². The van der Waals surface area contributed by atoms with Crippen molar-refractivity contribution in [3.63, 3.8) is 0 Å². The number of hydrogen-bond donors (Lipinski definition) is 2. The zero-order valence-electron chi connectivity index (χ0n) is 50.3. The third-order valence-corrected chi connectivity index (χ3v) is 14.0. The summed E-state index contributed by atoms with van der Waals surface area (Å²) in [7, 11) is -4.40. The van der Waals surface area contributed by atoms with Gasteiger partial charge in [-0.2, -0.15) is 0 Å². The van der Waals surface area contributed by atoms with Crippen LogP contribution in [0.2, 0.25) is 0 Å². The van der Waals surface area contributed by atoms with Crippen molar-refractivity contribution in [3.8, 4) is 0 Å². The van der Waals surface area contributed by atoms with E-state index < -0.39 is 26.5 Å². The number of hydrogen-bond acceptors (Lipinski definition) is 8. The van der Waals surface area contributed by atoms with Crippen LogP contribution in [0.3, 0.4) is 0 Å². The second kappa shape index (κ2) is 63.3. The molecule has 0 aliphatic rings. The maximum Gasteiger partial charge on any atom is 0.472 e. The molecule has 3 N–H and O–H groups in total. The second-order valence-corrected chi connectivity index (χ2v) is 22.0. The Balaban J connectivity index is 3.97. The third kappa shape index (κ3) is 63.2. The molecule has 0 aromatic rings. The highest BCUT2D eigenvalue weighted by Gasteiger charge is 2.26. The average molecular weight is 1120 g/mol. The molecule has 0 aromatic heterocycles. The highest BCUT2D eigenvalue weighted by molar-refractivity contribution is 7.47. The number of unbranched alkanes of at least 4 members (excludes halogenated alkanes) is 23. The van der Waals surface area contributed by atoms with Gasteiger partial charge in [-0.05, 0) is 109 Å². The number of allylic oxidation sites excluding steroid dienone is 22. The van der Waals surface area contributed by atoms with E-state index >= 15 is 0 Å². The summed E-state index contributed by atoms with van der Waals surface area (Å²) < 4.78 is 33.1. The first-order valence-electron chi connectivity index (χ1n) is 31.7. The van der Waals surface area contributed by atoms with Crippen LogP contribution in [0.25, 0.3) is 0 Å². The maximum atomic E-state index is 12.7. The Morgan fingerprint density at radius 3 is 0.975 bits per heavy atom. The van der Waals surface area contributed by atoms with Crippen molar-refractivity contribution in [1.29, 1.82) is 0 Å². The van der Waals surface area contributed by atoms with Crippen LogP contribution in [0.15, 0.2) is 134 Å². The highest BCUT2D eigenvalue weighted by atomic mass is 31.2. The maximum absolute atomic E-state index is 12.7. The summed E-state index contributed by atoms with van der Waals surface area (Å²) in [6.07, 6.45) is 89.4.